The van der Waals surface area contributed by atoms with Gasteiger partial charge in [0.2, 0.25) is 11.7 Å². The molecule has 0 fully saturated rings. The maximum atomic E-state index is 13.3. The molecule has 168 valence electrons. The number of carbonyl (C=O) groups is 1. The fourth-order valence-corrected chi connectivity index (χ4v) is 3.72. The second-order valence-corrected chi connectivity index (χ2v) is 8.22. The summed E-state index contributed by atoms with van der Waals surface area (Å²) in [5.74, 6) is 0.668. The third kappa shape index (κ3) is 4.62. The topological polar surface area (TPSA) is 81.3 Å². The van der Waals surface area contributed by atoms with Gasteiger partial charge in [0, 0.05) is 29.9 Å². The van der Waals surface area contributed by atoms with Crippen molar-refractivity contribution in [3.05, 3.63) is 99.5 Å². The second-order valence-electron chi connectivity index (χ2n) is 8.22. The molecule has 1 N–H and O–H groups in total. The summed E-state index contributed by atoms with van der Waals surface area (Å²) in [6, 6.07) is 15.8. The molecule has 7 nitrogen and oxygen atoms in total. The van der Waals surface area contributed by atoms with Crippen LogP contribution in [-0.2, 0) is 24.3 Å². The van der Waals surface area contributed by atoms with Crippen molar-refractivity contribution >= 4 is 11.7 Å². The molecule has 33 heavy (non-hydrogen) atoms. The number of rotatable bonds is 7. The highest BCUT2D eigenvalue weighted by Crippen LogP contribution is 2.18. The van der Waals surface area contributed by atoms with E-state index in [1.165, 1.54) is 4.52 Å². The van der Waals surface area contributed by atoms with E-state index in [1.807, 2.05) is 73.9 Å². The molecule has 0 aliphatic carbocycles. The molecule has 2 heterocycles. The molecular formula is C26H27N5O2. The van der Waals surface area contributed by atoms with Gasteiger partial charge >= 0.3 is 0 Å². The number of aryl methyl sites for hydroxylation is 2. The van der Waals surface area contributed by atoms with Crippen LogP contribution >= 0.6 is 0 Å². The van der Waals surface area contributed by atoms with Crippen molar-refractivity contribution < 1.29 is 4.79 Å². The lowest BCUT2D eigenvalue weighted by atomic mass is 10.1. The predicted octanol–water partition coefficient (Wildman–Crippen LogP) is 3.53. The molecule has 2 aromatic carbocycles. The molecule has 0 atom stereocenters. The Morgan fingerprint density at radius 1 is 1.03 bits per heavy atom. The SMILES string of the molecule is C=CCn1c(C)c(CC(=O)NCc2ccc(C)cc2)c(=O)n2nc(-c3ccc(C)cc3)nc12. The van der Waals surface area contributed by atoms with Gasteiger partial charge in [-0.05, 0) is 26.3 Å². The highest BCUT2D eigenvalue weighted by atomic mass is 16.2. The maximum Gasteiger partial charge on any atom is 0.279 e. The van der Waals surface area contributed by atoms with Crippen molar-refractivity contribution in [1.29, 1.82) is 0 Å². The number of nitrogens with zero attached hydrogens (tertiary/aromatic N) is 4. The van der Waals surface area contributed by atoms with Crippen LogP contribution in [0.1, 0.15) is 27.9 Å². The molecule has 0 unspecified atom stereocenters. The Bertz CT molecular complexity index is 1380. The third-order valence-electron chi connectivity index (χ3n) is 5.69. The summed E-state index contributed by atoms with van der Waals surface area (Å²) < 4.78 is 3.15. The Kier molecular flexibility index (Phi) is 6.22. The summed E-state index contributed by atoms with van der Waals surface area (Å²) in [7, 11) is 0. The zero-order chi connectivity index (χ0) is 23.5. The van der Waals surface area contributed by atoms with Crippen LogP contribution in [0.5, 0.6) is 0 Å². The minimum Gasteiger partial charge on any atom is -0.352 e. The van der Waals surface area contributed by atoms with Crippen LogP contribution in [0.25, 0.3) is 17.2 Å². The van der Waals surface area contributed by atoms with Crippen molar-refractivity contribution in [3.63, 3.8) is 0 Å². The van der Waals surface area contributed by atoms with Crippen molar-refractivity contribution in [2.75, 3.05) is 0 Å². The minimum atomic E-state index is -0.334. The highest BCUT2D eigenvalue weighted by Gasteiger charge is 2.20. The Hall–Kier alpha value is -4.00. The zero-order valence-electron chi connectivity index (χ0n) is 19.1. The Balaban J connectivity index is 1.67. The normalized spacial score (nSPS) is 11.0. The molecule has 0 saturated heterocycles. The molecule has 0 saturated carbocycles. The van der Waals surface area contributed by atoms with Gasteiger partial charge in [0.05, 0.1) is 6.42 Å². The highest BCUT2D eigenvalue weighted by molar-refractivity contribution is 5.78. The van der Waals surface area contributed by atoms with Crippen LogP contribution < -0.4 is 10.9 Å². The quantitative estimate of drug-likeness (QED) is 0.445. The molecule has 1 amide bonds. The van der Waals surface area contributed by atoms with Crippen LogP contribution in [0.4, 0.5) is 0 Å². The number of aromatic nitrogens is 4. The average molecular weight is 442 g/mol. The zero-order valence-corrected chi connectivity index (χ0v) is 19.1. The molecule has 4 rings (SSSR count). The first-order valence-electron chi connectivity index (χ1n) is 10.9. The fraction of sp³-hybridized carbons (Fsp3) is 0.231. The molecule has 0 aliphatic heterocycles. The minimum absolute atomic E-state index is 0.0384. The molecule has 2 aromatic heterocycles. The largest absolute Gasteiger partial charge is 0.352 e. The van der Waals surface area contributed by atoms with Gasteiger partial charge in [-0.2, -0.15) is 9.50 Å². The predicted molar refractivity (Wildman–Crippen MR) is 129 cm³/mol. The van der Waals surface area contributed by atoms with Gasteiger partial charge in [-0.25, -0.2) is 0 Å². The van der Waals surface area contributed by atoms with Gasteiger partial charge in [0.25, 0.3) is 5.56 Å². The van der Waals surface area contributed by atoms with Gasteiger partial charge in [-0.15, -0.1) is 11.7 Å². The van der Waals surface area contributed by atoms with Gasteiger partial charge in [0.1, 0.15) is 0 Å². The third-order valence-corrected chi connectivity index (χ3v) is 5.69. The average Bonchev–Trinajstić information content (AvgIpc) is 3.25. The first kappa shape index (κ1) is 22.2. The van der Waals surface area contributed by atoms with Crippen molar-refractivity contribution in [2.24, 2.45) is 0 Å². The first-order valence-corrected chi connectivity index (χ1v) is 10.9. The number of allylic oxidation sites excluding steroid dienone is 1. The Labute approximate surface area is 192 Å². The van der Waals surface area contributed by atoms with E-state index in [4.69, 9.17) is 0 Å². The van der Waals surface area contributed by atoms with Gasteiger partial charge in [-0.1, -0.05) is 65.7 Å². The van der Waals surface area contributed by atoms with Crippen molar-refractivity contribution in [3.8, 4) is 11.4 Å². The number of hydrogen-bond donors (Lipinski definition) is 1. The number of carbonyl (C=O) groups excluding carboxylic acids is 1. The molecule has 0 radical (unpaired) electrons. The van der Waals surface area contributed by atoms with Crippen LogP contribution in [0, 0.1) is 20.8 Å². The van der Waals surface area contributed by atoms with Crippen LogP contribution in [-0.4, -0.2) is 25.1 Å². The summed E-state index contributed by atoms with van der Waals surface area (Å²) in [6.45, 7) is 10.5. The second kappa shape index (κ2) is 9.24. The molecule has 0 bridgehead atoms. The maximum absolute atomic E-state index is 13.3. The molecule has 0 aliphatic rings. The summed E-state index contributed by atoms with van der Waals surface area (Å²) in [5.41, 5.74) is 4.86. The molecular weight excluding hydrogens is 414 g/mol. The first-order chi connectivity index (χ1) is 15.9. The lowest BCUT2D eigenvalue weighted by Crippen LogP contribution is -2.32. The van der Waals surface area contributed by atoms with Crippen LogP contribution in [0.15, 0.2) is 66.0 Å². The Morgan fingerprint density at radius 3 is 2.30 bits per heavy atom. The van der Waals surface area contributed by atoms with E-state index in [-0.39, 0.29) is 17.9 Å². The van der Waals surface area contributed by atoms with Crippen LogP contribution in [0.2, 0.25) is 0 Å². The van der Waals surface area contributed by atoms with Gasteiger partial charge in [0.15, 0.2) is 5.82 Å². The number of fused-ring (bicyclic) bond motifs is 1. The van der Waals surface area contributed by atoms with E-state index in [0.29, 0.717) is 35.9 Å². The standard InChI is InChI=1S/C26H27N5O2/c1-5-14-30-19(4)22(15-23(32)27-16-20-10-6-17(2)7-11-20)25(33)31-26(30)28-24(29-31)21-12-8-18(3)9-13-21/h5-13H,1,14-16H2,2-4H3,(H,27,32). The number of hydrogen-bond acceptors (Lipinski definition) is 4. The van der Waals surface area contributed by atoms with E-state index in [2.05, 4.69) is 22.0 Å². The van der Waals surface area contributed by atoms with E-state index in [9.17, 15) is 9.59 Å². The van der Waals surface area contributed by atoms with E-state index >= 15 is 0 Å². The number of nitrogens with one attached hydrogen (secondary N) is 1. The lowest BCUT2D eigenvalue weighted by Gasteiger charge is -2.14. The number of amides is 1. The van der Waals surface area contributed by atoms with Crippen LogP contribution in [0.3, 0.4) is 0 Å². The monoisotopic (exact) mass is 441 g/mol. The van der Waals surface area contributed by atoms with E-state index in [1.54, 1.807) is 6.08 Å². The number of benzene rings is 2. The summed E-state index contributed by atoms with van der Waals surface area (Å²) >= 11 is 0. The Morgan fingerprint density at radius 2 is 1.67 bits per heavy atom. The summed E-state index contributed by atoms with van der Waals surface area (Å²) in [5, 5.41) is 7.38. The molecule has 7 heteroatoms. The van der Waals surface area contributed by atoms with E-state index < -0.39 is 0 Å². The lowest BCUT2D eigenvalue weighted by molar-refractivity contribution is -0.120. The summed E-state index contributed by atoms with van der Waals surface area (Å²) in [4.78, 5) is 30.6. The molecule has 4 aromatic rings. The van der Waals surface area contributed by atoms with Gasteiger partial charge < -0.3 is 9.88 Å². The summed E-state index contributed by atoms with van der Waals surface area (Å²) in [6.07, 6.45) is 1.70. The smallest absolute Gasteiger partial charge is 0.279 e. The van der Waals surface area contributed by atoms with Crippen molar-refractivity contribution in [2.45, 2.75) is 40.3 Å². The van der Waals surface area contributed by atoms with E-state index in [0.717, 1.165) is 22.3 Å². The van der Waals surface area contributed by atoms with Gasteiger partial charge in [-0.3, -0.25) is 9.59 Å². The van der Waals surface area contributed by atoms with Crippen molar-refractivity contribution in [1.82, 2.24) is 24.5 Å². The fourth-order valence-electron chi connectivity index (χ4n) is 3.72. The molecule has 0 spiro atoms.